The summed E-state index contributed by atoms with van der Waals surface area (Å²) in [5.74, 6) is -1.22. The quantitative estimate of drug-likeness (QED) is 0.298. The van der Waals surface area contributed by atoms with Crippen molar-refractivity contribution in [1.29, 1.82) is 0 Å². The molecule has 9 nitrogen and oxygen atoms in total. The van der Waals surface area contributed by atoms with Crippen LogP contribution in [0.3, 0.4) is 0 Å². The fourth-order valence-corrected chi connectivity index (χ4v) is 6.77. The van der Waals surface area contributed by atoms with Crippen LogP contribution in [-0.2, 0) is 9.48 Å². The minimum atomic E-state index is -3.60. The van der Waals surface area contributed by atoms with E-state index in [9.17, 15) is 22.7 Å². The Balaban J connectivity index is 1.56. The fourth-order valence-electron chi connectivity index (χ4n) is 4.73. The van der Waals surface area contributed by atoms with Gasteiger partial charge < -0.3 is 20.3 Å². The average Bonchev–Trinajstić information content (AvgIpc) is 3.74. The summed E-state index contributed by atoms with van der Waals surface area (Å²) in [6, 6.07) is 11.5. The minimum absolute atomic E-state index is 0.0275. The van der Waals surface area contributed by atoms with E-state index in [0.717, 1.165) is 12.1 Å². The third-order valence-corrected chi connectivity index (χ3v) is 9.67. The average molecular weight is 560 g/mol. The first-order valence-corrected chi connectivity index (χ1v) is 14.3. The molecule has 2 amide bonds. The second-order valence-electron chi connectivity index (χ2n) is 9.73. The molecule has 0 bridgehead atoms. The number of anilines is 2. The van der Waals surface area contributed by atoms with Gasteiger partial charge in [-0.3, -0.25) is 9.11 Å². The zero-order chi connectivity index (χ0) is 27.8. The van der Waals surface area contributed by atoms with Crippen LogP contribution in [-0.4, -0.2) is 57.4 Å². The van der Waals surface area contributed by atoms with E-state index in [1.807, 2.05) is 13.8 Å². The number of aromatic nitrogens is 2. The van der Waals surface area contributed by atoms with E-state index in [0.29, 0.717) is 67.7 Å². The molecule has 0 spiro atoms. The highest BCUT2D eigenvalue weighted by molar-refractivity contribution is 8.25. The van der Waals surface area contributed by atoms with Crippen molar-refractivity contribution in [1.82, 2.24) is 15.3 Å². The van der Waals surface area contributed by atoms with Gasteiger partial charge in [0.15, 0.2) is 17.5 Å². The van der Waals surface area contributed by atoms with Gasteiger partial charge in [0.2, 0.25) is 0 Å². The van der Waals surface area contributed by atoms with E-state index >= 15 is 0 Å². The zero-order valence-electron chi connectivity index (χ0n) is 21.7. The summed E-state index contributed by atoms with van der Waals surface area (Å²) in [5.41, 5.74) is 1.69. The number of carbonyl (C=O) groups is 1. The lowest BCUT2D eigenvalue weighted by Gasteiger charge is -2.41. The molecular weight excluding hydrogens is 528 g/mol. The molecule has 1 saturated heterocycles. The Morgan fingerprint density at radius 3 is 2.51 bits per heavy atom. The lowest BCUT2D eigenvalue weighted by Crippen LogP contribution is -2.44. The number of amides is 2. The predicted octanol–water partition coefficient (Wildman–Crippen LogP) is 5.59. The molecule has 5 rings (SSSR count). The van der Waals surface area contributed by atoms with Gasteiger partial charge in [0.25, 0.3) is 0 Å². The van der Waals surface area contributed by atoms with Crippen LogP contribution in [0.25, 0.3) is 11.4 Å². The lowest BCUT2D eigenvalue weighted by molar-refractivity contribution is 0.0985. The molecule has 4 N–H and O–H groups in total. The van der Waals surface area contributed by atoms with Crippen LogP contribution in [0.2, 0.25) is 0 Å². The number of ether oxygens (including phenoxy) is 1. The standard InChI is InChI=1S/C27H31F2N5O4S/c1-3-30-26(35)31-19-6-4-18(5-7-19)25-32-23(15-24(33-25)34-12-13-38-16-17(34)2)27(10-11-27)39(36,37)20-8-9-21(28)22(29)14-20/h4-9,14-15,17,36-37H,3,10-13,16H2,1-2H3,(H2,30,31,35)/t17-/m0/s1. The number of nitrogens with zero attached hydrogens (tertiary/aromatic N) is 3. The van der Waals surface area contributed by atoms with Crippen molar-refractivity contribution in [3.05, 3.63) is 65.9 Å². The maximum atomic E-state index is 14.1. The maximum Gasteiger partial charge on any atom is 0.319 e. The van der Waals surface area contributed by atoms with Crippen LogP contribution in [0.4, 0.5) is 25.1 Å². The lowest BCUT2D eigenvalue weighted by atomic mass is 10.1. The summed E-state index contributed by atoms with van der Waals surface area (Å²) in [6.45, 7) is 5.98. The molecule has 2 aromatic carbocycles. The molecule has 2 heterocycles. The number of nitrogens with one attached hydrogen (secondary N) is 2. The van der Waals surface area contributed by atoms with Crippen LogP contribution in [0.1, 0.15) is 32.4 Å². The molecule has 1 saturated carbocycles. The minimum Gasteiger partial charge on any atom is -0.377 e. The van der Waals surface area contributed by atoms with Gasteiger partial charge in [-0.15, -0.1) is 0 Å². The third kappa shape index (κ3) is 5.29. The molecule has 0 radical (unpaired) electrons. The fraction of sp³-hybridized carbons (Fsp3) is 0.370. The van der Waals surface area contributed by atoms with Crippen molar-refractivity contribution in [2.45, 2.75) is 42.4 Å². The normalized spacial score (nSPS) is 18.9. The van der Waals surface area contributed by atoms with Crippen LogP contribution in [0.5, 0.6) is 0 Å². The van der Waals surface area contributed by atoms with Crippen molar-refractivity contribution >= 4 is 28.1 Å². The van der Waals surface area contributed by atoms with Crippen LogP contribution >= 0.6 is 10.6 Å². The molecule has 0 unspecified atom stereocenters. The Morgan fingerprint density at radius 1 is 1.13 bits per heavy atom. The Hall–Kier alpha value is -3.32. The molecule has 1 aliphatic carbocycles. The number of rotatable bonds is 7. The first-order chi connectivity index (χ1) is 18.6. The summed E-state index contributed by atoms with van der Waals surface area (Å²) in [7, 11) is -3.60. The third-order valence-electron chi connectivity index (χ3n) is 7.05. The molecule has 208 valence electrons. The number of hydrogen-bond donors (Lipinski definition) is 4. The van der Waals surface area contributed by atoms with E-state index in [1.54, 1.807) is 30.3 Å². The van der Waals surface area contributed by atoms with Crippen molar-refractivity contribution in [3.8, 4) is 11.4 Å². The van der Waals surface area contributed by atoms with Crippen molar-refractivity contribution < 1.29 is 27.4 Å². The summed E-state index contributed by atoms with van der Waals surface area (Å²) in [4.78, 5) is 23.5. The second kappa shape index (κ2) is 10.7. The Morgan fingerprint density at radius 2 is 1.87 bits per heavy atom. The summed E-state index contributed by atoms with van der Waals surface area (Å²) < 4.78 is 55.0. The van der Waals surface area contributed by atoms with Crippen LogP contribution in [0, 0.1) is 11.6 Å². The Labute approximate surface area is 227 Å². The summed E-state index contributed by atoms with van der Waals surface area (Å²) in [6.07, 6.45) is 0.830. The summed E-state index contributed by atoms with van der Waals surface area (Å²) >= 11 is 0. The van der Waals surface area contributed by atoms with E-state index in [-0.39, 0.29) is 17.0 Å². The monoisotopic (exact) mass is 559 g/mol. The predicted molar refractivity (Wildman–Crippen MR) is 146 cm³/mol. The largest absolute Gasteiger partial charge is 0.377 e. The smallest absolute Gasteiger partial charge is 0.319 e. The van der Waals surface area contributed by atoms with Crippen molar-refractivity contribution in [3.63, 3.8) is 0 Å². The van der Waals surface area contributed by atoms with Gasteiger partial charge in [-0.2, -0.15) is 10.6 Å². The molecule has 2 fully saturated rings. The molecule has 1 aromatic heterocycles. The number of morpholine rings is 1. The highest BCUT2D eigenvalue weighted by Gasteiger charge is 2.57. The number of benzene rings is 2. The van der Waals surface area contributed by atoms with E-state index in [2.05, 4.69) is 15.5 Å². The van der Waals surface area contributed by atoms with Gasteiger partial charge in [-0.1, -0.05) is 0 Å². The highest BCUT2D eigenvalue weighted by atomic mass is 32.3. The number of hydrogen-bond acceptors (Lipinski definition) is 7. The maximum absolute atomic E-state index is 14.1. The van der Waals surface area contributed by atoms with Gasteiger partial charge in [-0.25, -0.2) is 23.5 Å². The molecule has 1 aliphatic heterocycles. The second-order valence-corrected chi connectivity index (χ2v) is 12.1. The van der Waals surface area contributed by atoms with Gasteiger partial charge in [0.1, 0.15) is 10.6 Å². The van der Waals surface area contributed by atoms with Gasteiger partial charge in [0.05, 0.1) is 29.8 Å². The molecule has 1 atom stereocenters. The topological polar surface area (TPSA) is 120 Å². The van der Waals surface area contributed by atoms with Gasteiger partial charge in [0, 0.05) is 30.4 Å². The highest BCUT2D eigenvalue weighted by Crippen LogP contribution is 2.75. The first kappa shape index (κ1) is 27.3. The Kier molecular flexibility index (Phi) is 7.47. The first-order valence-electron chi connectivity index (χ1n) is 12.8. The van der Waals surface area contributed by atoms with E-state index in [1.165, 1.54) is 6.07 Å². The van der Waals surface area contributed by atoms with Crippen LogP contribution in [0.15, 0.2) is 53.4 Å². The van der Waals surface area contributed by atoms with E-state index < -0.39 is 27.0 Å². The number of urea groups is 1. The molecule has 12 heteroatoms. The van der Waals surface area contributed by atoms with Gasteiger partial charge >= 0.3 is 6.03 Å². The van der Waals surface area contributed by atoms with Gasteiger partial charge in [-0.05, 0) is 69.2 Å². The molecule has 2 aliphatic rings. The molecular formula is C27H31F2N5O4S. The SMILES string of the molecule is CCNC(=O)Nc1ccc(-c2nc(N3CCOC[C@@H]3C)cc(C3(S(O)(O)c4ccc(F)c(F)c4)CC3)n2)cc1. The van der Waals surface area contributed by atoms with Crippen LogP contribution < -0.4 is 15.5 Å². The van der Waals surface area contributed by atoms with E-state index in [4.69, 9.17) is 14.7 Å². The van der Waals surface area contributed by atoms with Crippen molar-refractivity contribution in [2.75, 3.05) is 36.5 Å². The molecule has 3 aromatic rings. The summed E-state index contributed by atoms with van der Waals surface area (Å²) in [5, 5.41) is 5.42. The number of halogens is 2. The number of carbonyl (C=O) groups excluding carboxylic acids is 1. The zero-order valence-corrected chi connectivity index (χ0v) is 22.5. The Bertz CT molecular complexity index is 1370. The van der Waals surface area contributed by atoms with Crippen molar-refractivity contribution in [2.24, 2.45) is 0 Å². The molecule has 39 heavy (non-hydrogen) atoms.